The summed E-state index contributed by atoms with van der Waals surface area (Å²) in [5, 5.41) is 2.69. The second-order valence-electron chi connectivity index (χ2n) is 6.03. The van der Waals surface area contributed by atoms with Crippen LogP contribution in [0.15, 0.2) is 47.4 Å². The number of Topliss-reactive ketones (excluding diaryl/α,β-unsaturated/α-hetero) is 1. The molecule has 7 nitrogen and oxygen atoms in total. The van der Waals surface area contributed by atoms with Crippen LogP contribution in [-0.4, -0.2) is 36.8 Å². The van der Waals surface area contributed by atoms with Gasteiger partial charge in [-0.2, -0.15) is 0 Å². The molecule has 0 aliphatic carbocycles. The zero-order chi connectivity index (χ0) is 19.9. The monoisotopic (exact) mass is 401 g/mol. The van der Waals surface area contributed by atoms with Crippen LogP contribution in [0.1, 0.15) is 22.8 Å². The highest BCUT2D eigenvalue weighted by Crippen LogP contribution is 2.32. The lowest BCUT2D eigenvalue weighted by Crippen LogP contribution is -2.28. The molecule has 0 aromatic heterocycles. The summed E-state index contributed by atoms with van der Waals surface area (Å²) in [5.41, 5.74) is 1.17. The van der Waals surface area contributed by atoms with Crippen molar-refractivity contribution in [2.24, 2.45) is 0 Å². The van der Waals surface area contributed by atoms with E-state index in [1.165, 1.54) is 18.7 Å². The molecule has 0 atom stereocenters. The standard InChI is InChI=1S/C20H19NO6S/c1-13(22)11-28-18-5-3-2-4-15(18)20(24)25-10-19(23)21-9-14-6-7-16-17(8-14)27-12-26-16/h2-8H,9-12H2,1H3,(H,21,23). The summed E-state index contributed by atoms with van der Waals surface area (Å²) < 4.78 is 15.6. The van der Waals surface area contributed by atoms with E-state index in [0.29, 0.717) is 22.0 Å². The summed E-state index contributed by atoms with van der Waals surface area (Å²) >= 11 is 1.26. The number of thioether (sulfide) groups is 1. The molecule has 0 saturated heterocycles. The van der Waals surface area contributed by atoms with Crippen LogP contribution in [0.3, 0.4) is 0 Å². The van der Waals surface area contributed by atoms with Crippen molar-refractivity contribution in [1.29, 1.82) is 0 Å². The third-order valence-corrected chi connectivity index (χ3v) is 5.02. The van der Waals surface area contributed by atoms with Crippen LogP contribution in [0.2, 0.25) is 0 Å². The number of carbonyl (C=O) groups is 3. The minimum absolute atomic E-state index is 0.0102. The highest BCUT2D eigenvalue weighted by atomic mass is 32.2. The molecule has 0 unspecified atom stereocenters. The third kappa shape index (κ3) is 5.26. The van der Waals surface area contributed by atoms with Gasteiger partial charge in [0.25, 0.3) is 5.91 Å². The van der Waals surface area contributed by atoms with E-state index in [0.717, 1.165) is 5.56 Å². The Labute approximate surface area is 166 Å². The van der Waals surface area contributed by atoms with Crippen LogP contribution in [0, 0.1) is 0 Å². The molecule has 1 aliphatic rings. The van der Waals surface area contributed by atoms with Crippen LogP contribution in [0.5, 0.6) is 11.5 Å². The number of hydrogen-bond acceptors (Lipinski definition) is 7. The number of rotatable bonds is 8. The first-order chi connectivity index (χ1) is 13.5. The SMILES string of the molecule is CC(=O)CSc1ccccc1C(=O)OCC(=O)NCc1ccc2c(c1)OCO2. The Morgan fingerprint density at radius 2 is 1.89 bits per heavy atom. The van der Waals surface area contributed by atoms with Gasteiger partial charge in [-0.1, -0.05) is 18.2 Å². The van der Waals surface area contributed by atoms with Gasteiger partial charge in [-0.15, -0.1) is 11.8 Å². The van der Waals surface area contributed by atoms with Gasteiger partial charge in [-0.3, -0.25) is 9.59 Å². The maximum atomic E-state index is 12.3. The van der Waals surface area contributed by atoms with E-state index in [1.54, 1.807) is 36.4 Å². The van der Waals surface area contributed by atoms with Gasteiger partial charge in [-0.25, -0.2) is 4.79 Å². The molecule has 1 heterocycles. The van der Waals surface area contributed by atoms with E-state index in [4.69, 9.17) is 14.2 Å². The summed E-state index contributed by atoms with van der Waals surface area (Å²) in [5.74, 6) is 0.560. The lowest BCUT2D eigenvalue weighted by Gasteiger charge is -2.09. The molecule has 1 N–H and O–H groups in total. The van der Waals surface area contributed by atoms with Crippen LogP contribution in [-0.2, 0) is 20.9 Å². The Balaban J connectivity index is 1.49. The largest absolute Gasteiger partial charge is 0.454 e. The predicted octanol–water partition coefficient (Wildman–Crippen LogP) is 2.57. The summed E-state index contributed by atoms with van der Waals surface area (Å²) in [7, 11) is 0. The van der Waals surface area contributed by atoms with Crippen molar-refractivity contribution >= 4 is 29.4 Å². The molecular formula is C20H19NO6S. The van der Waals surface area contributed by atoms with E-state index in [2.05, 4.69) is 5.32 Å². The number of amides is 1. The summed E-state index contributed by atoms with van der Waals surface area (Å²) in [6.07, 6.45) is 0. The van der Waals surface area contributed by atoms with Crippen LogP contribution in [0.25, 0.3) is 0 Å². The molecule has 2 aromatic rings. The number of carbonyl (C=O) groups excluding carboxylic acids is 3. The van der Waals surface area contributed by atoms with E-state index < -0.39 is 18.5 Å². The summed E-state index contributed by atoms with van der Waals surface area (Å²) in [6.45, 7) is 1.55. The van der Waals surface area contributed by atoms with Crippen molar-refractivity contribution in [2.75, 3.05) is 19.2 Å². The highest BCUT2D eigenvalue weighted by Gasteiger charge is 2.16. The maximum absolute atomic E-state index is 12.3. The van der Waals surface area contributed by atoms with Crippen LogP contribution in [0.4, 0.5) is 0 Å². The van der Waals surface area contributed by atoms with Crippen molar-refractivity contribution in [1.82, 2.24) is 5.32 Å². The number of ether oxygens (including phenoxy) is 3. The molecule has 0 saturated carbocycles. The first kappa shape index (κ1) is 19.8. The van der Waals surface area contributed by atoms with Crippen molar-refractivity contribution in [3.05, 3.63) is 53.6 Å². The Morgan fingerprint density at radius 1 is 1.11 bits per heavy atom. The summed E-state index contributed by atoms with van der Waals surface area (Å²) in [6, 6.07) is 12.2. The molecule has 8 heteroatoms. The fourth-order valence-corrected chi connectivity index (χ4v) is 3.29. The lowest BCUT2D eigenvalue weighted by molar-refractivity contribution is -0.124. The van der Waals surface area contributed by atoms with E-state index in [1.807, 2.05) is 6.07 Å². The minimum atomic E-state index is -0.607. The molecule has 3 rings (SSSR count). The quantitative estimate of drug-likeness (QED) is 0.537. The number of fused-ring (bicyclic) bond motifs is 1. The minimum Gasteiger partial charge on any atom is -0.454 e. The number of ketones is 1. The zero-order valence-electron chi connectivity index (χ0n) is 15.2. The van der Waals surface area contributed by atoms with Gasteiger partial charge in [0.05, 0.1) is 11.3 Å². The van der Waals surface area contributed by atoms with Gasteiger partial charge >= 0.3 is 5.97 Å². The lowest BCUT2D eigenvalue weighted by atomic mass is 10.2. The number of hydrogen-bond donors (Lipinski definition) is 1. The predicted molar refractivity (Wildman–Crippen MR) is 103 cm³/mol. The molecule has 0 spiro atoms. The smallest absolute Gasteiger partial charge is 0.339 e. The average Bonchev–Trinajstić information content (AvgIpc) is 3.17. The Bertz CT molecular complexity index is 898. The van der Waals surface area contributed by atoms with Gasteiger partial charge in [0.1, 0.15) is 5.78 Å². The van der Waals surface area contributed by atoms with Crippen molar-refractivity contribution in [3.8, 4) is 11.5 Å². The third-order valence-electron chi connectivity index (χ3n) is 3.80. The van der Waals surface area contributed by atoms with Gasteiger partial charge in [0, 0.05) is 11.4 Å². The fraction of sp³-hybridized carbons (Fsp3) is 0.250. The van der Waals surface area contributed by atoms with Gasteiger partial charge in [0.2, 0.25) is 6.79 Å². The fourth-order valence-electron chi connectivity index (χ4n) is 2.45. The zero-order valence-corrected chi connectivity index (χ0v) is 16.0. The highest BCUT2D eigenvalue weighted by molar-refractivity contribution is 8.00. The molecule has 0 fully saturated rings. The molecule has 0 radical (unpaired) electrons. The van der Waals surface area contributed by atoms with Crippen LogP contribution >= 0.6 is 11.8 Å². The second-order valence-corrected chi connectivity index (χ2v) is 7.04. The van der Waals surface area contributed by atoms with Gasteiger partial charge in [-0.05, 0) is 36.8 Å². The van der Waals surface area contributed by atoms with E-state index in [9.17, 15) is 14.4 Å². The normalized spacial score (nSPS) is 11.8. The molecular weight excluding hydrogens is 382 g/mol. The van der Waals surface area contributed by atoms with Crippen molar-refractivity contribution < 1.29 is 28.6 Å². The molecule has 0 bridgehead atoms. The van der Waals surface area contributed by atoms with Gasteiger partial charge in [0.15, 0.2) is 18.1 Å². The average molecular weight is 401 g/mol. The number of nitrogens with one attached hydrogen (secondary N) is 1. The number of esters is 1. The Kier molecular flexibility index (Phi) is 6.54. The molecule has 2 aromatic carbocycles. The van der Waals surface area contributed by atoms with Crippen LogP contribution < -0.4 is 14.8 Å². The summed E-state index contributed by atoms with van der Waals surface area (Å²) in [4.78, 5) is 36.1. The van der Waals surface area contributed by atoms with Crippen molar-refractivity contribution in [2.45, 2.75) is 18.4 Å². The number of benzene rings is 2. The first-order valence-corrected chi connectivity index (χ1v) is 9.55. The maximum Gasteiger partial charge on any atom is 0.339 e. The molecule has 1 amide bonds. The second kappa shape index (κ2) is 9.27. The Hall–Kier alpha value is -3.00. The van der Waals surface area contributed by atoms with Gasteiger partial charge < -0.3 is 19.5 Å². The van der Waals surface area contributed by atoms with E-state index in [-0.39, 0.29) is 24.9 Å². The Morgan fingerprint density at radius 3 is 2.71 bits per heavy atom. The van der Waals surface area contributed by atoms with E-state index >= 15 is 0 Å². The first-order valence-electron chi connectivity index (χ1n) is 8.56. The molecule has 28 heavy (non-hydrogen) atoms. The molecule has 146 valence electrons. The van der Waals surface area contributed by atoms with Crippen molar-refractivity contribution in [3.63, 3.8) is 0 Å². The molecule has 1 aliphatic heterocycles. The topological polar surface area (TPSA) is 90.9 Å².